The van der Waals surface area contributed by atoms with Gasteiger partial charge in [0.1, 0.15) is 5.75 Å². The molecule has 0 unspecified atom stereocenters. The SMILES string of the molecule is COc1ccc(CNc2nc(-c3ccco3)nn2C(=O)C(C)C)cc1. The molecule has 0 amide bonds. The highest BCUT2D eigenvalue weighted by Crippen LogP contribution is 2.20. The molecule has 0 saturated heterocycles. The lowest BCUT2D eigenvalue weighted by molar-refractivity contribution is 0.0841. The topological polar surface area (TPSA) is 82.2 Å². The summed E-state index contributed by atoms with van der Waals surface area (Å²) >= 11 is 0. The molecule has 3 rings (SSSR count). The number of nitrogens with one attached hydrogen (secondary N) is 1. The Hall–Kier alpha value is -3.09. The fourth-order valence-corrected chi connectivity index (χ4v) is 2.26. The Labute approximate surface area is 145 Å². The summed E-state index contributed by atoms with van der Waals surface area (Å²) in [5, 5.41) is 7.46. The van der Waals surface area contributed by atoms with E-state index in [0.717, 1.165) is 11.3 Å². The normalized spacial score (nSPS) is 10.9. The molecule has 2 heterocycles. The van der Waals surface area contributed by atoms with Crippen molar-refractivity contribution in [3.8, 4) is 17.3 Å². The summed E-state index contributed by atoms with van der Waals surface area (Å²) < 4.78 is 11.8. The second-order valence-corrected chi connectivity index (χ2v) is 5.84. The van der Waals surface area contributed by atoms with Gasteiger partial charge in [0.05, 0.1) is 13.4 Å². The van der Waals surface area contributed by atoms with Crippen LogP contribution in [0.25, 0.3) is 11.6 Å². The van der Waals surface area contributed by atoms with Gasteiger partial charge < -0.3 is 14.5 Å². The Balaban J connectivity index is 1.84. The molecule has 0 aliphatic carbocycles. The van der Waals surface area contributed by atoms with Crippen LogP contribution in [0, 0.1) is 5.92 Å². The fourth-order valence-electron chi connectivity index (χ4n) is 2.26. The second-order valence-electron chi connectivity index (χ2n) is 5.84. The minimum atomic E-state index is -0.201. The summed E-state index contributed by atoms with van der Waals surface area (Å²) in [6.45, 7) is 4.15. The maximum Gasteiger partial charge on any atom is 0.252 e. The zero-order valence-corrected chi connectivity index (χ0v) is 14.4. The molecule has 2 aromatic heterocycles. The van der Waals surface area contributed by atoms with Gasteiger partial charge in [-0.15, -0.1) is 5.10 Å². The molecule has 0 bridgehead atoms. The van der Waals surface area contributed by atoms with Crippen LogP contribution in [0.4, 0.5) is 5.95 Å². The maximum absolute atomic E-state index is 12.4. The molecule has 0 aliphatic rings. The summed E-state index contributed by atoms with van der Waals surface area (Å²) in [7, 11) is 1.63. The number of hydrogen-bond acceptors (Lipinski definition) is 6. The Morgan fingerprint density at radius 1 is 1.28 bits per heavy atom. The molecule has 1 aromatic carbocycles. The number of furan rings is 1. The second kappa shape index (κ2) is 7.21. The lowest BCUT2D eigenvalue weighted by Crippen LogP contribution is -2.21. The Bertz CT molecular complexity index is 836. The van der Waals surface area contributed by atoms with Crippen molar-refractivity contribution in [3.05, 3.63) is 48.2 Å². The predicted octanol–water partition coefficient (Wildman–Crippen LogP) is 3.46. The molecule has 0 aliphatic heterocycles. The molecule has 0 spiro atoms. The maximum atomic E-state index is 12.4. The van der Waals surface area contributed by atoms with E-state index >= 15 is 0 Å². The van der Waals surface area contributed by atoms with Gasteiger partial charge in [-0.05, 0) is 29.8 Å². The summed E-state index contributed by atoms with van der Waals surface area (Å²) in [6, 6.07) is 11.2. The number of methoxy groups -OCH3 is 1. The molecule has 3 aromatic rings. The predicted molar refractivity (Wildman–Crippen MR) is 93.5 cm³/mol. The standard InChI is InChI=1S/C18H20N4O3/c1-12(2)17(23)22-18(20-16(21-22)15-5-4-10-25-15)19-11-13-6-8-14(24-3)9-7-13/h4-10,12H,11H2,1-3H3,(H,19,20,21). The van der Waals surface area contributed by atoms with Gasteiger partial charge in [0.15, 0.2) is 5.76 Å². The largest absolute Gasteiger partial charge is 0.497 e. The molecule has 0 saturated carbocycles. The number of aromatic nitrogens is 3. The molecule has 130 valence electrons. The Kier molecular flexibility index (Phi) is 4.83. The third-order valence-electron chi connectivity index (χ3n) is 3.66. The van der Waals surface area contributed by atoms with E-state index < -0.39 is 0 Å². The number of anilines is 1. The number of carbonyl (C=O) groups is 1. The van der Waals surface area contributed by atoms with E-state index in [0.29, 0.717) is 24.1 Å². The molecule has 7 nitrogen and oxygen atoms in total. The minimum absolute atomic E-state index is 0.137. The van der Waals surface area contributed by atoms with Crippen molar-refractivity contribution in [1.82, 2.24) is 14.8 Å². The average molecular weight is 340 g/mol. The molecule has 1 N–H and O–H groups in total. The highest BCUT2D eigenvalue weighted by atomic mass is 16.5. The van der Waals surface area contributed by atoms with Crippen LogP contribution in [0.3, 0.4) is 0 Å². The van der Waals surface area contributed by atoms with Gasteiger partial charge in [-0.2, -0.15) is 9.67 Å². The average Bonchev–Trinajstić information content (AvgIpc) is 3.29. The van der Waals surface area contributed by atoms with Gasteiger partial charge in [0.2, 0.25) is 11.8 Å². The summed E-state index contributed by atoms with van der Waals surface area (Å²) in [6.07, 6.45) is 1.55. The number of nitrogens with zero attached hydrogens (tertiary/aromatic N) is 3. The van der Waals surface area contributed by atoms with Crippen LogP contribution < -0.4 is 10.1 Å². The van der Waals surface area contributed by atoms with E-state index in [1.54, 1.807) is 25.5 Å². The smallest absolute Gasteiger partial charge is 0.252 e. The highest BCUT2D eigenvalue weighted by molar-refractivity contribution is 5.82. The summed E-state index contributed by atoms with van der Waals surface area (Å²) in [5.41, 5.74) is 1.03. The van der Waals surface area contributed by atoms with Crippen molar-refractivity contribution >= 4 is 11.9 Å². The monoisotopic (exact) mass is 340 g/mol. The van der Waals surface area contributed by atoms with Gasteiger partial charge >= 0.3 is 0 Å². The zero-order chi connectivity index (χ0) is 17.8. The first-order chi connectivity index (χ1) is 12.1. The molecule has 0 atom stereocenters. The first-order valence-corrected chi connectivity index (χ1v) is 8.00. The van der Waals surface area contributed by atoms with Gasteiger partial charge in [0.25, 0.3) is 5.91 Å². The minimum Gasteiger partial charge on any atom is -0.497 e. The third kappa shape index (κ3) is 3.71. The van der Waals surface area contributed by atoms with Gasteiger partial charge in [0, 0.05) is 12.5 Å². The lowest BCUT2D eigenvalue weighted by atomic mass is 10.2. The molecular weight excluding hydrogens is 320 g/mol. The number of rotatable bonds is 6. The molecule has 0 radical (unpaired) electrons. The van der Waals surface area contributed by atoms with Crippen LogP contribution >= 0.6 is 0 Å². The molecular formula is C18H20N4O3. The Morgan fingerprint density at radius 2 is 2.04 bits per heavy atom. The highest BCUT2D eigenvalue weighted by Gasteiger charge is 2.20. The van der Waals surface area contributed by atoms with Crippen molar-refractivity contribution in [2.24, 2.45) is 5.92 Å². The van der Waals surface area contributed by atoms with Crippen LogP contribution in [-0.4, -0.2) is 27.8 Å². The molecule has 0 fully saturated rings. The Morgan fingerprint density at radius 3 is 2.64 bits per heavy atom. The van der Waals surface area contributed by atoms with Crippen molar-refractivity contribution in [2.45, 2.75) is 20.4 Å². The van der Waals surface area contributed by atoms with E-state index in [-0.39, 0.29) is 11.8 Å². The van der Waals surface area contributed by atoms with Gasteiger partial charge in [-0.3, -0.25) is 4.79 Å². The van der Waals surface area contributed by atoms with Crippen LogP contribution in [0.1, 0.15) is 24.2 Å². The number of hydrogen-bond donors (Lipinski definition) is 1. The van der Waals surface area contributed by atoms with Crippen molar-refractivity contribution < 1.29 is 13.9 Å². The van der Waals surface area contributed by atoms with Crippen molar-refractivity contribution in [2.75, 3.05) is 12.4 Å². The third-order valence-corrected chi connectivity index (χ3v) is 3.66. The fraction of sp³-hybridized carbons (Fsp3) is 0.278. The van der Waals surface area contributed by atoms with E-state index in [4.69, 9.17) is 9.15 Å². The first-order valence-electron chi connectivity index (χ1n) is 8.00. The lowest BCUT2D eigenvalue weighted by Gasteiger charge is -2.09. The summed E-state index contributed by atoms with van der Waals surface area (Å²) in [5.74, 6) is 1.73. The van der Waals surface area contributed by atoms with E-state index in [1.807, 2.05) is 38.1 Å². The number of carbonyl (C=O) groups excluding carboxylic acids is 1. The molecule has 25 heavy (non-hydrogen) atoms. The van der Waals surface area contributed by atoms with Crippen molar-refractivity contribution in [3.63, 3.8) is 0 Å². The van der Waals surface area contributed by atoms with Crippen LogP contribution in [0.2, 0.25) is 0 Å². The van der Waals surface area contributed by atoms with Crippen LogP contribution in [-0.2, 0) is 6.54 Å². The van der Waals surface area contributed by atoms with E-state index in [9.17, 15) is 4.79 Å². The van der Waals surface area contributed by atoms with Crippen molar-refractivity contribution in [1.29, 1.82) is 0 Å². The molecule has 7 heteroatoms. The van der Waals surface area contributed by atoms with E-state index in [2.05, 4.69) is 15.4 Å². The first kappa shape index (κ1) is 16.8. The van der Waals surface area contributed by atoms with Gasteiger partial charge in [-0.25, -0.2) is 0 Å². The number of benzene rings is 1. The van der Waals surface area contributed by atoms with Crippen LogP contribution in [0.5, 0.6) is 5.75 Å². The van der Waals surface area contributed by atoms with Gasteiger partial charge in [-0.1, -0.05) is 26.0 Å². The zero-order valence-electron chi connectivity index (χ0n) is 14.4. The van der Waals surface area contributed by atoms with E-state index in [1.165, 1.54) is 4.68 Å². The van der Waals surface area contributed by atoms with Crippen LogP contribution in [0.15, 0.2) is 47.1 Å². The quantitative estimate of drug-likeness (QED) is 0.740. The number of ether oxygens (including phenoxy) is 1. The summed E-state index contributed by atoms with van der Waals surface area (Å²) in [4.78, 5) is 16.8.